The number of halogens is 6. The summed E-state index contributed by atoms with van der Waals surface area (Å²) in [7, 11) is -5.84. The molecule has 2 N–H and O–H groups in total. The zero-order valence-corrected chi connectivity index (χ0v) is 10.6. The highest BCUT2D eigenvalue weighted by Crippen LogP contribution is 2.20. The highest BCUT2D eigenvalue weighted by molar-refractivity contribution is 7.86. The second kappa shape index (κ2) is 6.79. The van der Waals surface area contributed by atoms with E-state index in [1.165, 1.54) is 0 Å². The summed E-state index contributed by atoms with van der Waals surface area (Å²) < 4.78 is 95.2. The van der Waals surface area contributed by atoms with Crippen molar-refractivity contribution in [2.24, 2.45) is 0 Å². The van der Waals surface area contributed by atoms with Gasteiger partial charge in [0.05, 0.1) is 5.69 Å². The van der Waals surface area contributed by atoms with Crippen molar-refractivity contribution < 1.29 is 39.3 Å². The van der Waals surface area contributed by atoms with Crippen LogP contribution in [0.15, 0.2) is 12.1 Å². The molecule has 0 radical (unpaired) electrons. The molecule has 0 aliphatic heterocycles. The van der Waals surface area contributed by atoms with Crippen LogP contribution in [0.4, 0.5) is 32.0 Å². The molecular formula is C9H9F6NO3S. The van der Waals surface area contributed by atoms with Crippen LogP contribution in [0.5, 0.6) is 0 Å². The maximum absolute atomic E-state index is 12.8. The van der Waals surface area contributed by atoms with Gasteiger partial charge in [0.15, 0.2) is 17.5 Å². The van der Waals surface area contributed by atoms with E-state index in [9.17, 15) is 26.3 Å². The van der Waals surface area contributed by atoms with Gasteiger partial charge in [-0.05, 0) is 19.1 Å². The first-order valence-electron chi connectivity index (χ1n) is 4.83. The summed E-state index contributed by atoms with van der Waals surface area (Å²) in [6, 6.07) is 2.05. The standard InChI is InChI=1S/C8H8F3N.CHF3O3S/c1-2-12-6-4-3-5(9)7(10)8(6)11;2-1(3,4)8(5,6)7/h3-4,12H,2H2,1H3;(H,5,6,7). The van der Waals surface area contributed by atoms with Gasteiger partial charge in [-0.1, -0.05) is 0 Å². The van der Waals surface area contributed by atoms with Gasteiger partial charge in [0, 0.05) is 6.54 Å². The molecule has 0 fully saturated rings. The maximum Gasteiger partial charge on any atom is 0.522 e. The monoisotopic (exact) mass is 325 g/mol. The molecule has 0 spiro atoms. The minimum atomic E-state index is -5.84. The molecule has 0 amide bonds. The Bertz CT molecular complexity index is 558. The van der Waals surface area contributed by atoms with Crippen LogP contribution in [0.25, 0.3) is 0 Å². The Labute approximate surface area is 110 Å². The van der Waals surface area contributed by atoms with Crippen LogP contribution in [-0.2, 0) is 10.1 Å². The molecule has 1 aromatic rings. The smallest absolute Gasteiger partial charge is 0.383 e. The predicted octanol–water partition coefficient (Wildman–Crippen LogP) is 2.93. The number of alkyl halides is 3. The molecule has 0 heterocycles. The van der Waals surface area contributed by atoms with Crippen LogP contribution >= 0.6 is 0 Å². The summed E-state index contributed by atoms with van der Waals surface area (Å²) >= 11 is 0. The van der Waals surface area contributed by atoms with E-state index < -0.39 is 33.1 Å². The van der Waals surface area contributed by atoms with Crippen molar-refractivity contribution in [2.75, 3.05) is 11.9 Å². The van der Waals surface area contributed by atoms with Crippen LogP contribution in [0.1, 0.15) is 6.92 Å². The summed E-state index contributed by atoms with van der Waals surface area (Å²) in [4.78, 5) is 0. The summed E-state index contributed by atoms with van der Waals surface area (Å²) in [6.45, 7) is 2.20. The van der Waals surface area contributed by atoms with Gasteiger partial charge in [0.2, 0.25) is 0 Å². The molecule has 0 bridgehead atoms. The molecule has 0 aromatic heterocycles. The first kappa shape index (κ1) is 18.5. The Hall–Kier alpha value is -1.49. The van der Waals surface area contributed by atoms with Gasteiger partial charge >= 0.3 is 15.6 Å². The number of hydrogen-bond donors (Lipinski definition) is 2. The van der Waals surface area contributed by atoms with Crippen molar-refractivity contribution in [1.82, 2.24) is 0 Å². The fourth-order valence-electron chi connectivity index (χ4n) is 0.853. The Kier molecular flexibility index (Phi) is 6.29. The average molecular weight is 325 g/mol. The lowest BCUT2D eigenvalue weighted by atomic mass is 10.3. The number of hydrogen-bond acceptors (Lipinski definition) is 3. The van der Waals surface area contributed by atoms with Crippen molar-refractivity contribution in [3.63, 3.8) is 0 Å². The molecule has 0 saturated carbocycles. The normalized spacial score (nSPS) is 11.6. The molecule has 1 aromatic carbocycles. The third-order valence-electron chi connectivity index (χ3n) is 1.69. The molecule has 0 aliphatic carbocycles. The Morgan fingerprint density at radius 2 is 1.60 bits per heavy atom. The minimum absolute atomic E-state index is 0.0172. The van der Waals surface area contributed by atoms with Crippen molar-refractivity contribution in [3.8, 4) is 0 Å². The lowest BCUT2D eigenvalue weighted by Gasteiger charge is -2.04. The summed E-state index contributed by atoms with van der Waals surface area (Å²) in [6.07, 6.45) is 0. The highest BCUT2D eigenvalue weighted by Gasteiger charge is 2.44. The topological polar surface area (TPSA) is 66.4 Å². The van der Waals surface area contributed by atoms with Gasteiger partial charge in [0.25, 0.3) is 0 Å². The lowest BCUT2D eigenvalue weighted by molar-refractivity contribution is -0.0510. The van der Waals surface area contributed by atoms with Crippen LogP contribution in [0.3, 0.4) is 0 Å². The largest absolute Gasteiger partial charge is 0.522 e. The van der Waals surface area contributed by atoms with Gasteiger partial charge in [-0.2, -0.15) is 21.6 Å². The summed E-state index contributed by atoms with van der Waals surface area (Å²) in [5.74, 6) is -3.78. The van der Waals surface area contributed by atoms with Crippen molar-refractivity contribution in [1.29, 1.82) is 0 Å². The molecule has 0 aliphatic rings. The Balaban J connectivity index is 0.000000396. The molecule has 0 saturated heterocycles. The minimum Gasteiger partial charge on any atom is -0.383 e. The van der Waals surface area contributed by atoms with E-state index in [1.807, 2.05) is 0 Å². The van der Waals surface area contributed by atoms with E-state index in [0.29, 0.717) is 6.54 Å². The zero-order chi connectivity index (χ0) is 16.1. The third kappa shape index (κ3) is 5.25. The SMILES string of the molecule is CCNc1ccc(F)c(F)c1F.O=S(=O)(O)C(F)(F)F. The first-order chi connectivity index (χ1) is 8.91. The fourth-order valence-corrected chi connectivity index (χ4v) is 0.853. The van der Waals surface area contributed by atoms with Crippen LogP contribution in [0, 0.1) is 17.5 Å². The van der Waals surface area contributed by atoms with Gasteiger partial charge in [-0.3, -0.25) is 4.55 Å². The van der Waals surface area contributed by atoms with E-state index >= 15 is 0 Å². The quantitative estimate of drug-likeness (QED) is 0.380. The first-order valence-corrected chi connectivity index (χ1v) is 6.27. The number of anilines is 1. The van der Waals surface area contributed by atoms with Crippen molar-refractivity contribution >= 4 is 15.8 Å². The molecule has 0 unspecified atom stereocenters. The molecule has 116 valence electrons. The highest BCUT2D eigenvalue weighted by atomic mass is 32.2. The van der Waals surface area contributed by atoms with E-state index in [1.54, 1.807) is 6.92 Å². The zero-order valence-electron chi connectivity index (χ0n) is 9.80. The summed E-state index contributed by atoms with van der Waals surface area (Å²) in [5, 5.41) is 2.56. The summed E-state index contributed by atoms with van der Waals surface area (Å²) in [5.41, 5.74) is -5.55. The Morgan fingerprint density at radius 1 is 1.15 bits per heavy atom. The number of nitrogens with one attached hydrogen (secondary N) is 1. The predicted molar refractivity (Wildman–Crippen MR) is 58.1 cm³/mol. The number of rotatable bonds is 2. The second-order valence-corrected chi connectivity index (χ2v) is 4.59. The second-order valence-electron chi connectivity index (χ2n) is 3.17. The van der Waals surface area contributed by atoms with Gasteiger partial charge < -0.3 is 5.32 Å². The third-order valence-corrected chi connectivity index (χ3v) is 2.28. The maximum atomic E-state index is 12.8. The molecule has 20 heavy (non-hydrogen) atoms. The fraction of sp³-hybridized carbons (Fsp3) is 0.333. The van der Waals surface area contributed by atoms with E-state index in [2.05, 4.69) is 5.32 Å². The average Bonchev–Trinajstić information content (AvgIpc) is 2.28. The molecule has 1 rings (SSSR count). The van der Waals surface area contributed by atoms with Crippen LogP contribution < -0.4 is 5.32 Å². The van der Waals surface area contributed by atoms with Gasteiger partial charge in [0.1, 0.15) is 0 Å². The van der Waals surface area contributed by atoms with Crippen LogP contribution in [0.2, 0.25) is 0 Å². The molecule has 4 nitrogen and oxygen atoms in total. The lowest BCUT2D eigenvalue weighted by Crippen LogP contribution is -2.21. The molecule has 11 heteroatoms. The number of benzene rings is 1. The van der Waals surface area contributed by atoms with Crippen LogP contribution in [-0.4, -0.2) is 25.0 Å². The van der Waals surface area contributed by atoms with E-state index in [4.69, 9.17) is 13.0 Å². The van der Waals surface area contributed by atoms with Gasteiger partial charge in [-0.15, -0.1) is 0 Å². The molecular weight excluding hydrogens is 316 g/mol. The van der Waals surface area contributed by atoms with Gasteiger partial charge in [-0.25, -0.2) is 13.2 Å². The molecule has 0 atom stereocenters. The Morgan fingerprint density at radius 3 is 1.95 bits per heavy atom. The van der Waals surface area contributed by atoms with E-state index in [0.717, 1.165) is 12.1 Å². The van der Waals surface area contributed by atoms with Crippen molar-refractivity contribution in [3.05, 3.63) is 29.6 Å². The van der Waals surface area contributed by atoms with E-state index in [-0.39, 0.29) is 5.69 Å². The van der Waals surface area contributed by atoms with Crippen molar-refractivity contribution in [2.45, 2.75) is 12.4 Å².